The Balaban J connectivity index is 1.71. The van der Waals surface area contributed by atoms with Gasteiger partial charge in [0.15, 0.2) is 0 Å². The van der Waals surface area contributed by atoms with E-state index in [0.717, 1.165) is 55.8 Å². The first-order valence-electron chi connectivity index (χ1n) is 7.54. The molecule has 4 heteroatoms. The zero-order valence-electron chi connectivity index (χ0n) is 12.4. The van der Waals surface area contributed by atoms with Crippen molar-refractivity contribution in [2.24, 2.45) is 0 Å². The summed E-state index contributed by atoms with van der Waals surface area (Å²) < 4.78 is 12.0. The molecule has 1 aromatic rings. The van der Waals surface area contributed by atoms with Crippen LogP contribution in [0.4, 0.5) is 5.69 Å². The fourth-order valence-corrected chi connectivity index (χ4v) is 2.57. The minimum atomic E-state index is 0.308. The van der Waals surface area contributed by atoms with Gasteiger partial charge in [-0.25, -0.2) is 0 Å². The summed E-state index contributed by atoms with van der Waals surface area (Å²) in [4.78, 5) is 2.34. The van der Waals surface area contributed by atoms with Crippen molar-refractivity contribution in [1.29, 1.82) is 0 Å². The smallest absolute Gasteiger partial charge is 0.146 e. The van der Waals surface area contributed by atoms with Gasteiger partial charge < -0.3 is 20.1 Å². The predicted molar refractivity (Wildman–Crippen MR) is 80.4 cm³/mol. The van der Waals surface area contributed by atoms with Crippen molar-refractivity contribution in [3.05, 3.63) is 17.7 Å². The molecule has 1 saturated heterocycles. The van der Waals surface area contributed by atoms with Crippen LogP contribution in [0.15, 0.2) is 12.1 Å². The summed E-state index contributed by atoms with van der Waals surface area (Å²) in [7, 11) is 2.16. The fourth-order valence-electron chi connectivity index (χ4n) is 2.57. The summed E-state index contributed by atoms with van der Waals surface area (Å²) in [6.07, 6.45) is 5.10. The maximum absolute atomic E-state index is 6.17. The van der Waals surface area contributed by atoms with Crippen LogP contribution in [-0.2, 0) is 0 Å². The number of hydrogen-bond acceptors (Lipinski definition) is 4. The third-order valence-electron chi connectivity index (χ3n) is 4.08. The van der Waals surface area contributed by atoms with Crippen molar-refractivity contribution in [1.82, 2.24) is 4.90 Å². The number of benzene rings is 1. The fraction of sp³-hybridized carbons (Fsp3) is 0.625. The molecular formula is C16H24N2O2. The van der Waals surface area contributed by atoms with Gasteiger partial charge in [-0.1, -0.05) is 0 Å². The van der Waals surface area contributed by atoms with E-state index < -0.39 is 0 Å². The minimum absolute atomic E-state index is 0.308. The molecule has 1 saturated carbocycles. The van der Waals surface area contributed by atoms with E-state index in [0.29, 0.717) is 17.9 Å². The van der Waals surface area contributed by atoms with Crippen LogP contribution < -0.4 is 15.2 Å². The summed E-state index contributed by atoms with van der Waals surface area (Å²) in [6.45, 7) is 4.25. The third-order valence-corrected chi connectivity index (χ3v) is 4.08. The van der Waals surface area contributed by atoms with Crippen molar-refractivity contribution in [2.45, 2.75) is 44.8 Å². The van der Waals surface area contributed by atoms with Crippen LogP contribution in [0.25, 0.3) is 0 Å². The molecule has 110 valence electrons. The first-order chi connectivity index (χ1) is 9.61. The van der Waals surface area contributed by atoms with Crippen LogP contribution in [0.2, 0.25) is 0 Å². The van der Waals surface area contributed by atoms with E-state index in [9.17, 15) is 0 Å². The molecule has 0 spiro atoms. The van der Waals surface area contributed by atoms with Gasteiger partial charge in [-0.3, -0.25) is 0 Å². The Morgan fingerprint density at radius 1 is 1.00 bits per heavy atom. The van der Waals surface area contributed by atoms with Gasteiger partial charge in [-0.2, -0.15) is 0 Å². The molecule has 0 radical (unpaired) electrons. The topological polar surface area (TPSA) is 47.7 Å². The number of nitrogen functional groups attached to an aromatic ring is 1. The molecule has 3 rings (SSSR count). The molecule has 2 aliphatic rings. The number of likely N-dealkylation sites (tertiary alicyclic amines) is 1. The molecular weight excluding hydrogens is 252 g/mol. The number of nitrogens with zero attached hydrogens (tertiary/aromatic N) is 1. The number of hydrogen-bond donors (Lipinski definition) is 1. The van der Waals surface area contributed by atoms with Gasteiger partial charge in [0.2, 0.25) is 0 Å². The van der Waals surface area contributed by atoms with E-state index in [1.807, 2.05) is 19.1 Å². The molecule has 0 unspecified atom stereocenters. The quantitative estimate of drug-likeness (QED) is 0.859. The van der Waals surface area contributed by atoms with Gasteiger partial charge in [0, 0.05) is 19.2 Å². The average Bonchev–Trinajstić information content (AvgIpc) is 3.22. The third kappa shape index (κ3) is 3.18. The number of anilines is 1. The normalized spacial score (nSPS) is 20.9. The zero-order valence-corrected chi connectivity index (χ0v) is 12.4. The Hall–Kier alpha value is -1.42. The van der Waals surface area contributed by atoms with E-state index in [1.54, 1.807) is 0 Å². The van der Waals surface area contributed by atoms with Crippen LogP contribution in [-0.4, -0.2) is 37.2 Å². The highest BCUT2D eigenvalue weighted by atomic mass is 16.5. The second-order valence-corrected chi connectivity index (χ2v) is 6.09. The SMILES string of the molecule is Cc1cc(N)c(OC2CC2)cc1OC1CCN(C)CC1. The molecule has 1 aromatic carbocycles. The molecule has 2 N–H and O–H groups in total. The molecule has 0 amide bonds. The lowest BCUT2D eigenvalue weighted by Crippen LogP contribution is -2.35. The van der Waals surface area contributed by atoms with Crippen LogP contribution in [0, 0.1) is 6.92 Å². The number of aryl methyl sites for hydroxylation is 1. The van der Waals surface area contributed by atoms with Crippen molar-refractivity contribution in [2.75, 3.05) is 25.9 Å². The summed E-state index contributed by atoms with van der Waals surface area (Å²) in [5.41, 5.74) is 7.83. The molecule has 1 heterocycles. The number of ether oxygens (including phenoxy) is 2. The van der Waals surface area contributed by atoms with Gasteiger partial charge in [0.1, 0.15) is 17.6 Å². The molecule has 1 aliphatic carbocycles. The largest absolute Gasteiger partial charge is 0.490 e. The van der Waals surface area contributed by atoms with Gasteiger partial charge >= 0.3 is 0 Å². The van der Waals surface area contributed by atoms with Gasteiger partial charge in [-0.15, -0.1) is 0 Å². The lowest BCUT2D eigenvalue weighted by atomic mass is 10.1. The van der Waals surface area contributed by atoms with E-state index in [1.165, 1.54) is 0 Å². The lowest BCUT2D eigenvalue weighted by Gasteiger charge is -2.30. The van der Waals surface area contributed by atoms with Crippen LogP contribution in [0.3, 0.4) is 0 Å². The highest BCUT2D eigenvalue weighted by molar-refractivity contribution is 5.59. The van der Waals surface area contributed by atoms with Crippen molar-refractivity contribution in [3.8, 4) is 11.5 Å². The Bertz CT molecular complexity index is 478. The standard InChI is InChI=1S/C16H24N2O2/c1-11-9-14(17)16(20-12-3-4-12)10-15(11)19-13-5-7-18(2)8-6-13/h9-10,12-13H,3-8,17H2,1-2H3. The first kappa shape index (κ1) is 13.6. The van der Waals surface area contributed by atoms with Crippen LogP contribution >= 0.6 is 0 Å². The summed E-state index contributed by atoms with van der Waals surface area (Å²) in [5.74, 6) is 1.70. The van der Waals surface area contributed by atoms with Crippen molar-refractivity contribution < 1.29 is 9.47 Å². The Morgan fingerprint density at radius 3 is 2.25 bits per heavy atom. The Morgan fingerprint density at radius 2 is 1.60 bits per heavy atom. The highest BCUT2D eigenvalue weighted by Crippen LogP contribution is 2.36. The molecule has 0 bridgehead atoms. The lowest BCUT2D eigenvalue weighted by molar-refractivity contribution is 0.113. The average molecular weight is 276 g/mol. The first-order valence-corrected chi connectivity index (χ1v) is 7.54. The maximum Gasteiger partial charge on any atom is 0.146 e. The second-order valence-electron chi connectivity index (χ2n) is 6.09. The molecule has 1 aliphatic heterocycles. The highest BCUT2D eigenvalue weighted by Gasteiger charge is 2.25. The van der Waals surface area contributed by atoms with Crippen molar-refractivity contribution in [3.63, 3.8) is 0 Å². The molecule has 0 aromatic heterocycles. The molecule has 20 heavy (non-hydrogen) atoms. The van der Waals surface area contributed by atoms with E-state index in [2.05, 4.69) is 11.9 Å². The van der Waals surface area contributed by atoms with Crippen LogP contribution in [0.1, 0.15) is 31.2 Å². The zero-order chi connectivity index (χ0) is 14.1. The van der Waals surface area contributed by atoms with E-state index in [4.69, 9.17) is 15.2 Å². The second kappa shape index (κ2) is 5.52. The number of piperidine rings is 1. The van der Waals surface area contributed by atoms with E-state index >= 15 is 0 Å². The van der Waals surface area contributed by atoms with E-state index in [-0.39, 0.29) is 0 Å². The van der Waals surface area contributed by atoms with Crippen molar-refractivity contribution >= 4 is 5.69 Å². The number of rotatable bonds is 4. The maximum atomic E-state index is 6.17. The molecule has 2 fully saturated rings. The van der Waals surface area contributed by atoms with Gasteiger partial charge in [0.05, 0.1) is 11.8 Å². The summed E-state index contributed by atoms with van der Waals surface area (Å²) in [6, 6.07) is 3.93. The molecule has 4 nitrogen and oxygen atoms in total. The molecule has 0 atom stereocenters. The monoisotopic (exact) mass is 276 g/mol. The summed E-state index contributed by atoms with van der Waals surface area (Å²) >= 11 is 0. The predicted octanol–water partition coefficient (Wildman–Crippen LogP) is 2.59. The number of nitrogens with two attached hydrogens (primary N) is 1. The summed E-state index contributed by atoms with van der Waals surface area (Å²) in [5, 5.41) is 0. The minimum Gasteiger partial charge on any atom is -0.490 e. The van der Waals surface area contributed by atoms with Gasteiger partial charge in [0.25, 0.3) is 0 Å². The van der Waals surface area contributed by atoms with Gasteiger partial charge in [-0.05, 0) is 51.3 Å². The Kier molecular flexibility index (Phi) is 3.74. The van der Waals surface area contributed by atoms with Crippen LogP contribution in [0.5, 0.6) is 11.5 Å². The Labute approximate surface area is 120 Å².